The Morgan fingerprint density at radius 2 is 2.27 bits per heavy atom. The lowest BCUT2D eigenvalue weighted by Crippen LogP contribution is -2.36. The number of rotatable bonds is 6. The van der Waals surface area contributed by atoms with Gasteiger partial charge in [0.25, 0.3) is 0 Å². The van der Waals surface area contributed by atoms with Crippen molar-refractivity contribution in [2.75, 3.05) is 13.2 Å². The van der Waals surface area contributed by atoms with E-state index in [-0.39, 0.29) is 12.3 Å². The number of pyridine rings is 1. The predicted molar refractivity (Wildman–Crippen MR) is 98.4 cm³/mol. The first-order chi connectivity index (χ1) is 12.4. The van der Waals surface area contributed by atoms with Crippen LogP contribution in [0.15, 0.2) is 18.2 Å². The first kappa shape index (κ1) is 20.2. The number of nitrogens with zero attached hydrogens (tertiary/aromatic N) is 1. The molecule has 2 rings (SSSR count). The molecule has 1 aliphatic rings. The standard InChI is InChI=1S/C20H28N2O4/c1-5-15-9-8-10-16(21-15)17(22-19(23)26-20(2,3)4)12-14-25-18-11-6-7-13-24-18/h1,8-10,17-18H,6-7,11-14H2,2-4H3,(H,22,23). The van der Waals surface area contributed by atoms with Crippen LogP contribution in [0.2, 0.25) is 0 Å². The summed E-state index contributed by atoms with van der Waals surface area (Å²) < 4.78 is 16.7. The number of carbonyl (C=O) groups is 1. The molecule has 0 spiro atoms. The zero-order valence-corrected chi connectivity index (χ0v) is 15.8. The van der Waals surface area contributed by atoms with Crippen LogP contribution in [0.1, 0.15) is 63.9 Å². The second kappa shape index (κ2) is 9.56. The molecule has 1 fully saturated rings. The Balaban J connectivity index is 2.00. The lowest BCUT2D eigenvalue weighted by molar-refractivity contribution is -0.163. The molecule has 1 aromatic rings. The summed E-state index contributed by atoms with van der Waals surface area (Å²) in [5.74, 6) is 2.52. The smallest absolute Gasteiger partial charge is 0.408 e. The highest BCUT2D eigenvalue weighted by Gasteiger charge is 2.22. The van der Waals surface area contributed by atoms with E-state index in [1.807, 2.05) is 32.9 Å². The summed E-state index contributed by atoms with van der Waals surface area (Å²) in [4.78, 5) is 16.6. The highest BCUT2D eigenvalue weighted by atomic mass is 16.7. The maximum atomic E-state index is 12.2. The quantitative estimate of drug-likeness (QED) is 0.786. The SMILES string of the molecule is C#Cc1cccc(C(CCOC2CCCCO2)NC(=O)OC(C)(C)C)n1. The van der Waals surface area contributed by atoms with Crippen LogP contribution in [0.5, 0.6) is 0 Å². The summed E-state index contributed by atoms with van der Waals surface area (Å²) in [6, 6.07) is 5.05. The van der Waals surface area contributed by atoms with E-state index in [4.69, 9.17) is 20.6 Å². The van der Waals surface area contributed by atoms with Gasteiger partial charge >= 0.3 is 6.09 Å². The minimum atomic E-state index is -0.574. The third kappa shape index (κ3) is 7.03. The minimum Gasteiger partial charge on any atom is -0.444 e. The van der Waals surface area contributed by atoms with Crippen molar-refractivity contribution in [3.63, 3.8) is 0 Å². The number of amides is 1. The zero-order valence-electron chi connectivity index (χ0n) is 15.8. The third-order valence-electron chi connectivity index (χ3n) is 3.81. The van der Waals surface area contributed by atoms with Crippen molar-refractivity contribution in [3.8, 4) is 12.3 Å². The molecule has 2 unspecified atom stereocenters. The Hall–Kier alpha value is -2.10. The van der Waals surface area contributed by atoms with E-state index in [1.165, 1.54) is 0 Å². The van der Waals surface area contributed by atoms with Gasteiger partial charge in [0.2, 0.25) is 0 Å². The fourth-order valence-corrected chi connectivity index (χ4v) is 2.63. The highest BCUT2D eigenvalue weighted by Crippen LogP contribution is 2.19. The second-order valence-corrected chi connectivity index (χ2v) is 7.25. The molecule has 1 saturated heterocycles. The fourth-order valence-electron chi connectivity index (χ4n) is 2.63. The van der Waals surface area contributed by atoms with Crippen molar-refractivity contribution in [2.24, 2.45) is 0 Å². The zero-order chi connectivity index (χ0) is 19.0. The van der Waals surface area contributed by atoms with Crippen LogP contribution in [0, 0.1) is 12.3 Å². The fraction of sp³-hybridized carbons (Fsp3) is 0.600. The molecular formula is C20H28N2O4. The lowest BCUT2D eigenvalue weighted by atomic mass is 10.1. The first-order valence-corrected chi connectivity index (χ1v) is 9.03. The molecule has 6 heteroatoms. The van der Waals surface area contributed by atoms with Crippen molar-refractivity contribution < 1.29 is 19.0 Å². The Bertz CT molecular complexity index is 627. The van der Waals surface area contributed by atoms with Crippen LogP contribution in [0.25, 0.3) is 0 Å². The van der Waals surface area contributed by atoms with Crippen molar-refractivity contribution in [3.05, 3.63) is 29.6 Å². The number of aromatic nitrogens is 1. The summed E-state index contributed by atoms with van der Waals surface area (Å²) in [6.07, 6.45) is 8.39. The van der Waals surface area contributed by atoms with Gasteiger partial charge in [-0.1, -0.05) is 12.0 Å². The molecule has 142 valence electrons. The van der Waals surface area contributed by atoms with Crippen molar-refractivity contribution in [1.82, 2.24) is 10.3 Å². The summed E-state index contributed by atoms with van der Waals surface area (Å²) in [5, 5.41) is 2.87. The average Bonchev–Trinajstić information content (AvgIpc) is 2.60. The molecule has 1 amide bonds. The monoisotopic (exact) mass is 360 g/mol. The number of carbonyl (C=O) groups excluding carboxylic acids is 1. The molecule has 26 heavy (non-hydrogen) atoms. The normalized spacial score (nSPS) is 18.6. The largest absolute Gasteiger partial charge is 0.444 e. The number of hydrogen-bond acceptors (Lipinski definition) is 5. The Kier molecular flexibility index (Phi) is 7.43. The van der Waals surface area contributed by atoms with Crippen LogP contribution in [0.4, 0.5) is 4.79 Å². The molecular weight excluding hydrogens is 332 g/mol. The van der Waals surface area contributed by atoms with E-state index < -0.39 is 11.7 Å². The molecule has 0 bridgehead atoms. The van der Waals surface area contributed by atoms with Gasteiger partial charge in [-0.3, -0.25) is 0 Å². The molecule has 0 aromatic carbocycles. The molecule has 0 aliphatic carbocycles. The molecule has 6 nitrogen and oxygen atoms in total. The third-order valence-corrected chi connectivity index (χ3v) is 3.81. The first-order valence-electron chi connectivity index (χ1n) is 9.03. The van der Waals surface area contributed by atoms with E-state index in [2.05, 4.69) is 16.2 Å². The van der Waals surface area contributed by atoms with Crippen LogP contribution in [-0.4, -0.2) is 36.2 Å². The van der Waals surface area contributed by atoms with Gasteiger partial charge in [-0.15, -0.1) is 6.42 Å². The molecule has 1 aliphatic heterocycles. The molecule has 0 saturated carbocycles. The maximum Gasteiger partial charge on any atom is 0.408 e. The van der Waals surface area contributed by atoms with E-state index in [9.17, 15) is 4.79 Å². The Labute approximate surface area is 155 Å². The number of terminal acetylenes is 1. The van der Waals surface area contributed by atoms with Gasteiger partial charge < -0.3 is 19.5 Å². The van der Waals surface area contributed by atoms with Gasteiger partial charge in [-0.05, 0) is 58.6 Å². The van der Waals surface area contributed by atoms with Crippen molar-refractivity contribution >= 4 is 6.09 Å². The summed E-state index contributed by atoms with van der Waals surface area (Å²) in [6.45, 7) is 6.64. The highest BCUT2D eigenvalue weighted by molar-refractivity contribution is 5.68. The van der Waals surface area contributed by atoms with Crippen molar-refractivity contribution in [2.45, 2.75) is 64.4 Å². The number of ether oxygens (including phenoxy) is 3. The van der Waals surface area contributed by atoms with Gasteiger partial charge in [0.1, 0.15) is 11.3 Å². The number of nitrogens with one attached hydrogen (secondary N) is 1. The van der Waals surface area contributed by atoms with Crippen LogP contribution >= 0.6 is 0 Å². The number of hydrogen-bond donors (Lipinski definition) is 1. The van der Waals surface area contributed by atoms with Crippen LogP contribution in [-0.2, 0) is 14.2 Å². The van der Waals surface area contributed by atoms with E-state index >= 15 is 0 Å². The minimum absolute atomic E-state index is 0.170. The topological polar surface area (TPSA) is 69.7 Å². The van der Waals surface area contributed by atoms with Crippen molar-refractivity contribution in [1.29, 1.82) is 0 Å². The molecule has 1 N–H and O–H groups in total. The molecule has 1 aromatic heterocycles. The van der Waals surface area contributed by atoms with Gasteiger partial charge in [-0.2, -0.15) is 0 Å². The van der Waals surface area contributed by atoms with Gasteiger partial charge in [-0.25, -0.2) is 9.78 Å². The second-order valence-electron chi connectivity index (χ2n) is 7.25. The molecule has 0 radical (unpaired) electrons. The Morgan fingerprint density at radius 3 is 2.92 bits per heavy atom. The van der Waals surface area contributed by atoms with Gasteiger partial charge in [0.15, 0.2) is 6.29 Å². The maximum absolute atomic E-state index is 12.2. The average molecular weight is 360 g/mol. The van der Waals surface area contributed by atoms with E-state index in [0.717, 1.165) is 25.9 Å². The summed E-state index contributed by atoms with van der Waals surface area (Å²) >= 11 is 0. The van der Waals surface area contributed by atoms with E-state index in [1.54, 1.807) is 6.07 Å². The summed E-state index contributed by atoms with van der Waals surface area (Å²) in [5.41, 5.74) is 0.629. The number of alkyl carbamates (subject to hydrolysis) is 1. The molecule has 2 heterocycles. The van der Waals surface area contributed by atoms with Crippen LogP contribution < -0.4 is 5.32 Å². The van der Waals surface area contributed by atoms with Gasteiger partial charge in [0, 0.05) is 6.61 Å². The summed E-state index contributed by atoms with van der Waals surface area (Å²) in [7, 11) is 0. The lowest BCUT2D eigenvalue weighted by Gasteiger charge is -2.25. The van der Waals surface area contributed by atoms with Gasteiger partial charge in [0.05, 0.1) is 18.3 Å². The Morgan fingerprint density at radius 1 is 1.46 bits per heavy atom. The predicted octanol–water partition coefficient (Wildman–Crippen LogP) is 3.56. The van der Waals surface area contributed by atoms with E-state index in [0.29, 0.717) is 24.4 Å². The van der Waals surface area contributed by atoms with Crippen LogP contribution in [0.3, 0.4) is 0 Å². The molecule has 2 atom stereocenters.